The van der Waals surface area contributed by atoms with Crippen LogP contribution < -0.4 is 10.6 Å². The van der Waals surface area contributed by atoms with Gasteiger partial charge in [-0.1, -0.05) is 0 Å². The van der Waals surface area contributed by atoms with Crippen molar-refractivity contribution in [2.75, 3.05) is 18.5 Å². The molecule has 0 radical (unpaired) electrons. The van der Waals surface area contributed by atoms with Gasteiger partial charge in [-0.3, -0.25) is 0 Å². The first-order valence-electron chi connectivity index (χ1n) is 5.66. The minimum Gasteiger partial charge on any atom is -0.354 e. The summed E-state index contributed by atoms with van der Waals surface area (Å²) in [6.45, 7) is 1.42. The minimum absolute atomic E-state index is 0.574. The zero-order chi connectivity index (χ0) is 13.0. The number of nitrogens with two attached hydrogens (primary N) is 1. The fraction of sp³-hybridized carbons (Fsp3) is 0.333. The van der Waals surface area contributed by atoms with Gasteiger partial charge in [0.05, 0.1) is 10.3 Å². The van der Waals surface area contributed by atoms with Gasteiger partial charge in [-0.15, -0.1) is 11.3 Å². The molecule has 96 valence electrons. The molecule has 0 aliphatic heterocycles. The second-order valence-electron chi connectivity index (χ2n) is 3.93. The van der Waals surface area contributed by atoms with Crippen LogP contribution in [-0.2, 0) is 13.0 Å². The lowest BCUT2D eigenvalue weighted by atomic mass is 10.4. The Morgan fingerprint density at radius 3 is 2.89 bits per heavy atom. The number of hydrogen-bond donors (Lipinski definition) is 1. The molecular weight excluding hydrogens is 312 g/mol. The molecule has 2 aromatic heterocycles. The Morgan fingerprint density at radius 2 is 2.22 bits per heavy atom. The van der Waals surface area contributed by atoms with Crippen molar-refractivity contribution in [2.45, 2.75) is 13.0 Å². The highest BCUT2D eigenvalue weighted by Crippen LogP contribution is 2.24. The molecule has 0 amide bonds. The highest BCUT2D eigenvalue weighted by Gasteiger charge is 2.06. The van der Waals surface area contributed by atoms with Crippen molar-refractivity contribution >= 4 is 33.1 Å². The fourth-order valence-corrected chi connectivity index (χ4v) is 3.14. The van der Waals surface area contributed by atoms with Gasteiger partial charge in [-0.25, -0.2) is 9.97 Å². The molecule has 0 aliphatic rings. The van der Waals surface area contributed by atoms with E-state index in [2.05, 4.69) is 42.9 Å². The molecule has 2 rings (SSSR count). The Bertz CT molecular complexity index is 514. The molecule has 0 fully saturated rings. The largest absolute Gasteiger partial charge is 0.354 e. The number of anilines is 1. The van der Waals surface area contributed by atoms with Gasteiger partial charge in [0.1, 0.15) is 11.6 Å². The Morgan fingerprint density at radius 1 is 1.39 bits per heavy atom. The molecule has 0 spiro atoms. The van der Waals surface area contributed by atoms with Crippen molar-refractivity contribution in [2.24, 2.45) is 5.73 Å². The monoisotopic (exact) mass is 326 g/mol. The summed E-state index contributed by atoms with van der Waals surface area (Å²) in [6.07, 6.45) is 2.50. The third kappa shape index (κ3) is 3.51. The molecule has 0 unspecified atom stereocenters. The summed E-state index contributed by atoms with van der Waals surface area (Å²) in [4.78, 5) is 12.1. The Hall–Kier alpha value is -0.980. The molecule has 18 heavy (non-hydrogen) atoms. The van der Waals surface area contributed by atoms with Crippen LogP contribution in [0.5, 0.6) is 0 Å². The van der Waals surface area contributed by atoms with E-state index in [9.17, 15) is 0 Å². The third-order valence-electron chi connectivity index (χ3n) is 2.47. The Balaban J connectivity index is 2.08. The molecule has 2 N–H and O–H groups in total. The van der Waals surface area contributed by atoms with Crippen LogP contribution in [0.15, 0.2) is 28.2 Å². The van der Waals surface area contributed by atoms with Gasteiger partial charge in [0.25, 0.3) is 0 Å². The smallest absolute Gasteiger partial charge is 0.132 e. The molecule has 0 bridgehead atoms. The lowest BCUT2D eigenvalue weighted by Crippen LogP contribution is -2.18. The highest BCUT2D eigenvalue weighted by molar-refractivity contribution is 9.11. The second-order valence-corrected chi connectivity index (χ2v) is 6.48. The van der Waals surface area contributed by atoms with Crippen LogP contribution in [0.1, 0.15) is 10.7 Å². The van der Waals surface area contributed by atoms with Crippen molar-refractivity contribution in [1.29, 1.82) is 0 Å². The molecule has 4 nitrogen and oxygen atoms in total. The summed E-state index contributed by atoms with van der Waals surface area (Å²) in [7, 11) is 2.03. The predicted molar refractivity (Wildman–Crippen MR) is 78.9 cm³/mol. The Kier molecular flexibility index (Phi) is 4.68. The van der Waals surface area contributed by atoms with Crippen molar-refractivity contribution in [3.63, 3.8) is 0 Å². The van der Waals surface area contributed by atoms with E-state index in [1.54, 1.807) is 17.5 Å². The van der Waals surface area contributed by atoms with E-state index in [1.165, 1.54) is 4.88 Å². The van der Waals surface area contributed by atoms with Crippen LogP contribution in [0.3, 0.4) is 0 Å². The van der Waals surface area contributed by atoms with E-state index in [4.69, 9.17) is 5.73 Å². The average molecular weight is 327 g/mol. The van der Waals surface area contributed by atoms with E-state index >= 15 is 0 Å². The number of nitrogens with zero attached hydrogens (tertiary/aromatic N) is 3. The molecule has 2 aromatic rings. The third-order valence-corrected chi connectivity index (χ3v) is 4.08. The van der Waals surface area contributed by atoms with Gasteiger partial charge < -0.3 is 10.6 Å². The van der Waals surface area contributed by atoms with Gasteiger partial charge >= 0.3 is 0 Å². The first-order valence-corrected chi connectivity index (χ1v) is 7.27. The molecule has 0 saturated heterocycles. The molecule has 2 heterocycles. The number of hydrogen-bond acceptors (Lipinski definition) is 5. The lowest BCUT2D eigenvalue weighted by Gasteiger charge is -2.17. The number of halogens is 1. The maximum atomic E-state index is 5.52. The standard InChI is InChI=1S/C12H15BrN4S/c1-17(8-9-2-3-10(13)18-9)12-5-7-15-11(16-12)4-6-14/h2-3,5,7H,4,6,8,14H2,1H3. The topological polar surface area (TPSA) is 55.0 Å². The van der Waals surface area contributed by atoms with E-state index < -0.39 is 0 Å². The molecule has 6 heteroatoms. The zero-order valence-corrected chi connectivity index (χ0v) is 12.5. The van der Waals surface area contributed by atoms with E-state index in [1.807, 2.05) is 13.1 Å². The molecule has 0 aliphatic carbocycles. The van der Waals surface area contributed by atoms with Gasteiger partial charge in [-0.05, 0) is 40.7 Å². The van der Waals surface area contributed by atoms with Crippen LogP contribution in [-0.4, -0.2) is 23.6 Å². The number of rotatable bonds is 5. The quantitative estimate of drug-likeness (QED) is 0.916. The van der Waals surface area contributed by atoms with Crippen molar-refractivity contribution < 1.29 is 0 Å². The van der Waals surface area contributed by atoms with Crippen LogP contribution in [0.25, 0.3) is 0 Å². The molecular formula is C12H15BrN4S. The predicted octanol–water partition coefficient (Wildman–Crippen LogP) is 2.44. The van der Waals surface area contributed by atoms with Crippen LogP contribution in [0, 0.1) is 0 Å². The number of aromatic nitrogens is 2. The maximum Gasteiger partial charge on any atom is 0.132 e. The Labute approximate surface area is 119 Å². The van der Waals surface area contributed by atoms with Crippen molar-refractivity contribution in [1.82, 2.24) is 9.97 Å². The summed E-state index contributed by atoms with van der Waals surface area (Å²) >= 11 is 5.21. The summed E-state index contributed by atoms with van der Waals surface area (Å²) in [5, 5.41) is 0. The van der Waals surface area contributed by atoms with E-state index in [-0.39, 0.29) is 0 Å². The lowest BCUT2D eigenvalue weighted by molar-refractivity contribution is 0.836. The molecule has 0 aromatic carbocycles. The van der Waals surface area contributed by atoms with Crippen LogP contribution in [0.2, 0.25) is 0 Å². The van der Waals surface area contributed by atoms with Gasteiger partial charge in [0, 0.05) is 24.5 Å². The summed E-state index contributed by atoms with van der Waals surface area (Å²) in [5.74, 6) is 1.73. The SMILES string of the molecule is CN(Cc1ccc(Br)s1)c1ccnc(CCN)n1. The van der Waals surface area contributed by atoms with Crippen molar-refractivity contribution in [3.05, 3.63) is 38.9 Å². The van der Waals surface area contributed by atoms with Crippen LogP contribution in [0.4, 0.5) is 5.82 Å². The van der Waals surface area contributed by atoms with Crippen LogP contribution >= 0.6 is 27.3 Å². The average Bonchev–Trinajstić information content (AvgIpc) is 2.75. The fourth-order valence-electron chi connectivity index (χ4n) is 1.60. The summed E-state index contributed by atoms with van der Waals surface area (Å²) in [6, 6.07) is 6.10. The molecule has 0 saturated carbocycles. The normalized spacial score (nSPS) is 10.6. The minimum atomic E-state index is 0.574. The molecule has 0 atom stereocenters. The first-order chi connectivity index (χ1) is 8.69. The van der Waals surface area contributed by atoms with Gasteiger partial charge in [0.2, 0.25) is 0 Å². The number of thiophene rings is 1. The maximum absolute atomic E-state index is 5.52. The van der Waals surface area contributed by atoms with E-state index in [0.29, 0.717) is 13.0 Å². The van der Waals surface area contributed by atoms with Crippen molar-refractivity contribution in [3.8, 4) is 0 Å². The van der Waals surface area contributed by atoms with E-state index in [0.717, 1.165) is 22.0 Å². The second kappa shape index (κ2) is 6.26. The zero-order valence-electron chi connectivity index (χ0n) is 10.1. The van der Waals surface area contributed by atoms with Gasteiger partial charge in [0.15, 0.2) is 0 Å². The summed E-state index contributed by atoms with van der Waals surface area (Å²) < 4.78 is 1.15. The summed E-state index contributed by atoms with van der Waals surface area (Å²) in [5.41, 5.74) is 5.52. The highest BCUT2D eigenvalue weighted by atomic mass is 79.9. The van der Waals surface area contributed by atoms with Gasteiger partial charge in [-0.2, -0.15) is 0 Å². The first kappa shape index (κ1) is 13.5.